The standard InChI is InChI=1S/C15H20N4S2/c1-3-6-16-11(8-15-17-10-18-19(15)4-2)13-9-14-12(21-13)5-7-20-14/h5,7,9-11,16H,3-4,6,8H2,1-2H3. The Hall–Kier alpha value is -1.24. The van der Waals surface area contributed by atoms with E-state index in [0.717, 1.165) is 31.8 Å². The van der Waals surface area contributed by atoms with Crippen LogP contribution in [0.15, 0.2) is 23.8 Å². The highest BCUT2D eigenvalue weighted by Crippen LogP contribution is 2.34. The fourth-order valence-corrected chi connectivity index (χ4v) is 4.64. The molecule has 3 rings (SSSR count). The molecule has 0 bridgehead atoms. The lowest BCUT2D eigenvalue weighted by Gasteiger charge is -2.17. The first-order valence-electron chi connectivity index (χ1n) is 7.38. The Balaban J connectivity index is 1.84. The molecule has 0 aliphatic rings. The average molecular weight is 320 g/mol. The second-order valence-corrected chi connectivity index (χ2v) is 7.06. The largest absolute Gasteiger partial charge is 0.309 e. The van der Waals surface area contributed by atoms with Crippen LogP contribution in [0.2, 0.25) is 0 Å². The predicted molar refractivity (Wildman–Crippen MR) is 90.1 cm³/mol. The lowest BCUT2D eigenvalue weighted by molar-refractivity contribution is 0.502. The highest BCUT2D eigenvalue weighted by Gasteiger charge is 2.18. The van der Waals surface area contributed by atoms with E-state index in [1.807, 2.05) is 27.4 Å². The van der Waals surface area contributed by atoms with Gasteiger partial charge in [-0.05, 0) is 37.4 Å². The van der Waals surface area contributed by atoms with Gasteiger partial charge in [-0.15, -0.1) is 22.7 Å². The van der Waals surface area contributed by atoms with Gasteiger partial charge in [0.1, 0.15) is 12.2 Å². The van der Waals surface area contributed by atoms with Crippen LogP contribution in [-0.2, 0) is 13.0 Å². The first-order chi connectivity index (χ1) is 10.3. The van der Waals surface area contributed by atoms with E-state index in [0.29, 0.717) is 6.04 Å². The van der Waals surface area contributed by atoms with Crippen LogP contribution in [0.4, 0.5) is 0 Å². The SMILES string of the molecule is CCCNC(Cc1ncnn1CC)c1cc2sccc2s1. The topological polar surface area (TPSA) is 42.7 Å². The zero-order chi connectivity index (χ0) is 14.7. The van der Waals surface area contributed by atoms with Gasteiger partial charge in [-0.3, -0.25) is 4.68 Å². The Morgan fingerprint density at radius 1 is 1.33 bits per heavy atom. The first kappa shape index (κ1) is 14.7. The molecule has 0 aliphatic carbocycles. The molecular weight excluding hydrogens is 300 g/mol. The van der Waals surface area contributed by atoms with Crippen LogP contribution in [0.5, 0.6) is 0 Å². The molecule has 0 aromatic carbocycles. The Kier molecular flexibility index (Phi) is 4.67. The summed E-state index contributed by atoms with van der Waals surface area (Å²) in [5.41, 5.74) is 0. The fraction of sp³-hybridized carbons (Fsp3) is 0.467. The number of hydrogen-bond acceptors (Lipinski definition) is 5. The number of thiophene rings is 2. The van der Waals surface area contributed by atoms with Crippen molar-refractivity contribution in [2.75, 3.05) is 6.54 Å². The van der Waals surface area contributed by atoms with Crippen LogP contribution in [0.25, 0.3) is 9.40 Å². The van der Waals surface area contributed by atoms with Crippen molar-refractivity contribution >= 4 is 32.1 Å². The maximum Gasteiger partial charge on any atom is 0.138 e. The highest BCUT2D eigenvalue weighted by atomic mass is 32.1. The lowest BCUT2D eigenvalue weighted by atomic mass is 10.1. The minimum absolute atomic E-state index is 0.323. The predicted octanol–water partition coefficient (Wildman–Crippen LogP) is 3.86. The van der Waals surface area contributed by atoms with Crippen LogP contribution in [-0.4, -0.2) is 21.3 Å². The summed E-state index contributed by atoms with van der Waals surface area (Å²) in [5, 5.41) is 10.1. The van der Waals surface area contributed by atoms with Crippen molar-refractivity contribution in [2.45, 2.75) is 39.3 Å². The van der Waals surface area contributed by atoms with Crippen molar-refractivity contribution < 1.29 is 0 Å². The highest BCUT2D eigenvalue weighted by molar-refractivity contribution is 7.26. The van der Waals surface area contributed by atoms with E-state index >= 15 is 0 Å². The third-order valence-corrected chi connectivity index (χ3v) is 5.73. The second kappa shape index (κ2) is 6.68. The number of fused-ring (bicyclic) bond motifs is 1. The maximum atomic E-state index is 4.42. The minimum Gasteiger partial charge on any atom is -0.309 e. The molecule has 3 heterocycles. The molecular formula is C15H20N4S2. The van der Waals surface area contributed by atoms with Crippen LogP contribution in [0, 0.1) is 0 Å². The van der Waals surface area contributed by atoms with Gasteiger partial charge in [0.25, 0.3) is 0 Å². The van der Waals surface area contributed by atoms with Crippen molar-refractivity contribution in [1.82, 2.24) is 20.1 Å². The summed E-state index contributed by atoms with van der Waals surface area (Å²) in [5.74, 6) is 1.06. The third-order valence-electron chi connectivity index (χ3n) is 3.52. The van der Waals surface area contributed by atoms with E-state index in [1.54, 1.807) is 6.33 Å². The smallest absolute Gasteiger partial charge is 0.138 e. The van der Waals surface area contributed by atoms with E-state index in [-0.39, 0.29) is 0 Å². The number of hydrogen-bond donors (Lipinski definition) is 1. The number of nitrogens with one attached hydrogen (secondary N) is 1. The normalized spacial score (nSPS) is 13.0. The number of aromatic nitrogens is 3. The Bertz CT molecular complexity index is 669. The molecule has 3 aromatic rings. The van der Waals surface area contributed by atoms with Gasteiger partial charge in [0.05, 0.1) is 0 Å². The van der Waals surface area contributed by atoms with Crippen LogP contribution < -0.4 is 5.32 Å². The summed E-state index contributed by atoms with van der Waals surface area (Å²) in [4.78, 5) is 5.82. The van der Waals surface area contributed by atoms with Gasteiger partial charge in [-0.2, -0.15) is 5.10 Å². The monoisotopic (exact) mass is 320 g/mol. The van der Waals surface area contributed by atoms with Gasteiger partial charge in [0.2, 0.25) is 0 Å². The van der Waals surface area contributed by atoms with Crippen LogP contribution in [0.1, 0.15) is 37.0 Å². The summed E-state index contributed by atoms with van der Waals surface area (Å²) in [6, 6.07) is 4.86. The fourth-order valence-electron chi connectivity index (χ4n) is 2.44. The lowest BCUT2D eigenvalue weighted by Crippen LogP contribution is -2.24. The van der Waals surface area contributed by atoms with E-state index < -0.39 is 0 Å². The summed E-state index contributed by atoms with van der Waals surface area (Å²) < 4.78 is 4.75. The van der Waals surface area contributed by atoms with Crippen molar-refractivity contribution in [3.8, 4) is 0 Å². The maximum absolute atomic E-state index is 4.42. The Labute approximate surface area is 132 Å². The molecule has 21 heavy (non-hydrogen) atoms. The minimum atomic E-state index is 0.323. The van der Waals surface area contributed by atoms with E-state index in [4.69, 9.17) is 0 Å². The molecule has 0 spiro atoms. The van der Waals surface area contributed by atoms with Crippen LogP contribution >= 0.6 is 22.7 Å². The van der Waals surface area contributed by atoms with Gasteiger partial charge < -0.3 is 5.32 Å². The second-order valence-electron chi connectivity index (χ2n) is 5.00. The van der Waals surface area contributed by atoms with E-state index in [2.05, 4.69) is 46.8 Å². The Morgan fingerprint density at radius 3 is 3.00 bits per heavy atom. The molecule has 0 aliphatic heterocycles. The van der Waals surface area contributed by atoms with Gasteiger partial charge in [0, 0.05) is 33.3 Å². The molecule has 1 atom stereocenters. The number of aryl methyl sites for hydroxylation is 1. The average Bonchev–Trinajstić information content (AvgIpc) is 3.17. The van der Waals surface area contributed by atoms with E-state index in [1.165, 1.54) is 14.3 Å². The number of rotatable bonds is 7. The van der Waals surface area contributed by atoms with E-state index in [9.17, 15) is 0 Å². The molecule has 4 nitrogen and oxygen atoms in total. The number of nitrogens with zero attached hydrogens (tertiary/aromatic N) is 3. The molecule has 0 saturated carbocycles. The summed E-state index contributed by atoms with van der Waals surface area (Å²) >= 11 is 3.70. The van der Waals surface area contributed by atoms with Crippen molar-refractivity contribution in [3.05, 3.63) is 34.5 Å². The summed E-state index contributed by atoms with van der Waals surface area (Å²) in [6.45, 7) is 6.20. The Morgan fingerprint density at radius 2 is 2.24 bits per heavy atom. The molecule has 0 amide bonds. The molecule has 0 radical (unpaired) electrons. The molecule has 112 valence electrons. The van der Waals surface area contributed by atoms with Gasteiger partial charge in [-0.25, -0.2) is 4.98 Å². The third kappa shape index (κ3) is 3.17. The van der Waals surface area contributed by atoms with Gasteiger partial charge >= 0.3 is 0 Å². The molecule has 1 N–H and O–H groups in total. The molecule has 0 saturated heterocycles. The van der Waals surface area contributed by atoms with Crippen molar-refractivity contribution in [2.24, 2.45) is 0 Å². The van der Waals surface area contributed by atoms with Gasteiger partial charge in [0.15, 0.2) is 0 Å². The summed E-state index contributed by atoms with van der Waals surface area (Å²) in [7, 11) is 0. The molecule has 3 aromatic heterocycles. The quantitative estimate of drug-likeness (QED) is 0.719. The molecule has 0 fully saturated rings. The molecule has 6 heteroatoms. The summed E-state index contributed by atoms with van der Waals surface area (Å²) in [6.07, 6.45) is 3.68. The zero-order valence-corrected chi connectivity index (χ0v) is 14.0. The zero-order valence-electron chi connectivity index (χ0n) is 12.4. The van der Waals surface area contributed by atoms with Crippen LogP contribution in [0.3, 0.4) is 0 Å². The molecule has 1 unspecified atom stereocenters. The first-order valence-corrected chi connectivity index (χ1v) is 9.08. The van der Waals surface area contributed by atoms with Gasteiger partial charge in [-0.1, -0.05) is 6.92 Å². The van der Waals surface area contributed by atoms with Crippen molar-refractivity contribution in [1.29, 1.82) is 0 Å². The van der Waals surface area contributed by atoms with Crippen molar-refractivity contribution in [3.63, 3.8) is 0 Å².